The first-order chi connectivity index (χ1) is 15.7. The summed E-state index contributed by atoms with van der Waals surface area (Å²) >= 11 is 6.47. The van der Waals surface area contributed by atoms with Crippen molar-refractivity contribution >= 4 is 33.4 Å². The van der Waals surface area contributed by atoms with E-state index in [1.165, 1.54) is 12.8 Å². The van der Waals surface area contributed by atoms with Crippen molar-refractivity contribution < 1.29 is 8.95 Å². The molecule has 0 N–H and O–H groups in total. The van der Waals surface area contributed by atoms with Crippen LogP contribution < -0.4 is 4.74 Å². The van der Waals surface area contributed by atoms with Crippen molar-refractivity contribution in [2.75, 3.05) is 25.9 Å². The molecule has 0 aromatic heterocycles. The van der Waals surface area contributed by atoms with Gasteiger partial charge in [-0.2, -0.15) is 0 Å². The highest BCUT2D eigenvalue weighted by molar-refractivity contribution is 7.93. The normalized spacial score (nSPS) is 15.6. The number of rotatable bonds is 11. The Kier molecular flexibility index (Phi) is 8.82. The first-order valence-electron chi connectivity index (χ1n) is 11.7. The van der Waals surface area contributed by atoms with E-state index in [-0.39, 0.29) is 0 Å². The summed E-state index contributed by atoms with van der Waals surface area (Å²) in [5.41, 5.74) is 1.63. The average molecular weight is 490 g/mol. The fourth-order valence-electron chi connectivity index (χ4n) is 3.14. The van der Waals surface area contributed by atoms with E-state index in [0.717, 1.165) is 23.4 Å². The largest absolute Gasteiger partial charge is 0.457 e. The van der Waals surface area contributed by atoms with Crippen LogP contribution in [0.15, 0.2) is 50.6 Å². The minimum Gasteiger partial charge on any atom is -0.457 e. The van der Waals surface area contributed by atoms with Gasteiger partial charge in [-0.3, -0.25) is 0 Å². The van der Waals surface area contributed by atoms with Crippen molar-refractivity contribution in [3.8, 4) is 11.5 Å². The van der Waals surface area contributed by atoms with Crippen LogP contribution in [0, 0.1) is 18.8 Å². The van der Waals surface area contributed by atoms with Gasteiger partial charge >= 0.3 is 0 Å². The molecule has 33 heavy (non-hydrogen) atoms. The Morgan fingerprint density at radius 3 is 2.70 bits per heavy atom. The fourth-order valence-corrected chi connectivity index (χ4v) is 5.69. The highest BCUT2D eigenvalue weighted by atomic mass is 35.5. The van der Waals surface area contributed by atoms with Crippen LogP contribution in [0.25, 0.3) is 0 Å². The molecule has 2 aromatic carbocycles. The summed E-state index contributed by atoms with van der Waals surface area (Å²) in [7, 11) is -0.517. The Balaban J connectivity index is 1.85. The zero-order chi connectivity index (χ0) is 24.0. The molecule has 1 saturated carbocycles. The number of aryl methyl sites for hydroxylation is 1. The van der Waals surface area contributed by atoms with Gasteiger partial charge in [0.2, 0.25) is 0 Å². The number of nitrogens with zero attached hydrogens (tertiary/aromatic N) is 3. The van der Waals surface area contributed by atoms with E-state index in [1.54, 1.807) is 12.4 Å². The van der Waals surface area contributed by atoms with E-state index in [0.29, 0.717) is 46.3 Å². The number of halogens is 1. The molecular formula is C26H36ClN3O2S. The van der Waals surface area contributed by atoms with E-state index in [2.05, 4.69) is 25.8 Å². The van der Waals surface area contributed by atoms with E-state index in [9.17, 15) is 4.21 Å². The zero-order valence-corrected chi connectivity index (χ0v) is 22.0. The molecule has 0 aliphatic heterocycles. The van der Waals surface area contributed by atoms with Crippen molar-refractivity contribution in [2.45, 2.75) is 51.9 Å². The van der Waals surface area contributed by atoms with Crippen LogP contribution in [0.1, 0.15) is 45.6 Å². The Morgan fingerprint density at radius 2 is 2.03 bits per heavy atom. The molecule has 1 aliphatic rings. The van der Waals surface area contributed by atoms with Gasteiger partial charge < -0.3 is 9.64 Å². The molecule has 1 atom stereocenters. The molecule has 0 bridgehead atoms. The molecule has 5 nitrogen and oxygen atoms in total. The van der Waals surface area contributed by atoms with E-state index >= 15 is 0 Å². The third-order valence-corrected chi connectivity index (χ3v) is 8.40. The maximum atomic E-state index is 13.9. The average Bonchev–Trinajstić information content (AvgIpc) is 3.62. The Labute approximate surface area is 204 Å². The lowest BCUT2D eigenvalue weighted by Gasteiger charge is -2.15. The number of hydrogen-bond donors (Lipinski definition) is 0. The van der Waals surface area contributed by atoms with Crippen LogP contribution in [0.5, 0.6) is 11.5 Å². The molecule has 1 aliphatic carbocycles. The summed E-state index contributed by atoms with van der Waals surface area (Å²) in [5, 5.41) is 0.521. The van der Waals surface area contributed by atoms with Crippen molar-refractivity contribution in [3.63, 3.8) is 0 Å². The highest BCUT2D eigenvalue weighted by Crippen LogP contribution is 2.36. The summed E-state index contributed by atoms with van der Waals surface area (Å²) in [5.74, 6) is 2.94. The van der Waals surface area contributed by atoms with Crippen LogP contribution in [0.4, 0.5) is 5.69 Å². The van der Waals surface area contributed by atoms with Gasteiger partial charge in [-0.1, -0.05) is 31.5 Å². The molecule has 3 rings (SSSR count). The fraction of sp³-hybridized carbons (Fsp3) is 0.500. The summed E-state index contributed by atoms with van der Waals surface area (Å²) in [6, 6.07) is 11.3. The number of ether oxygens (including phenoxy) is 1. The first-order valence-corrected chi connectivity index (χ1v) is 13.8. The van der Waals surface area contributed by atoms with Gasteiger partial charge in [0.15, 0.2) is 0 Å². The molecule has 0 amide bonds. The maximum Gasteiger partial charge on any atom is 0.131 e. The molecule has 0 heterocycles. The van der Waals surface area contributed by atoms with Gasteiger partial charge in [0, 0.05) is 25.4 Å². The quantitative estimate of drug-likeness (QED) is 0.245. The molecule has 180 valence electrons. The molecular weight excluding hydrogens is 454 g/mol. The Hall–Kier alpha value is -2.05. The lowest BCUT2D eigenvalue weighted by molar-refractivity contribution is 0.477. The highest BCUT2D eigenvalue weighted by Gasteiger charge is 2.23. The predicted molar refractivity (Wildman–Crippen MR) is 140 cm³/mol. The molecule has 0 radical (unpaired) electrons. The lowest BCUT2D eigenvalue weighted by Crippen LogP contribution is -2.14. The van der Waals surface area contributed by atoms with Crippen LogP contribution in [-0.2, 0) is 9.73 Å². The van der Waals surface area contributed by atoms with Crippen molar-refractivity contribution in [1.29, 1.82) is 0 Å². The van der Waals surface area contributed by atoms with Gasteiger partial charge in [-0.05, 0) is 74.8 Å². The zero-order valence-electron chi connectivity index (χ0n) is 20.4. The third kappa shape index (κ3) is 7.47. The first kappa shape index (κ1) is 25.6. The molecule has 0 saturated heterocycles. The van der Waals surface area contributed by atoms with Crippen molar-refractivity contribution in [3.05, 3.63) is 47.0 Å². The SMILES string of the molecule is CCN(C)/C=N\c1cc(C)c(Oc2cccc(S(=O)(CCC(C)C)=NCC3CC3)c2)cc1Cl. The van der Waals surface area contributed by atoms with Crippen LogP contribution in [-0.4, -0.2) is 41.3 Å². The molecule has 1 unspecified atom stereocenters. The number of hydrogen-bond acceptors (Lipinski definition) is 4. The molecule has 1 fully saturated rings. The van der Waals surface area contributed by atoms with Crippen LogP contribution in [0.3, 0.4) is 0 Å². The smallest absolute Gasteiger partial charge is 0.131 e. The van der Waals surface area contributed by atoms with Gasteiger partial charge in [0.25, 0.3) is 0 Å². The summed E-state index contributed by atoms with van der Waals surface area (Å²) in [6.07, 6.45) is 5.04. The second kappa shape index (κ2) is 11.4. The molecule has 0 spiro atoms. The van der Waals surface area contributed by atoms with Crippen molar-refractivity contribution in [2.24, 2.45) is 21.2 Å². The van der Waals surface area contributed by atoms with Gasteiger partial charge in [-0.15, -0.1) is 0 Å². The Bertz CT molecular complexity index is 1100. The van der Waals surface area contributed by atoms with Gasteiger partial charge in [0.1, 0.15) is 11.5 Å². The maximum absolute atomic E-state index is 13.9. The van der Waals surface area contributed by atoms with Crippen LogP contribution >= 0.6 is 11.6 Å². The van der Waals surface area contributed by atoms with Crippen LogP contribution in [0.2, 0.25) is 5.02 Å². The third-order valence-electron chi connectivity index (χ3n) is 5.75. The van der Waals surface area contributed by atoms with Gasteiger partial charge in [-0.25, -0.2) is 13.6 Å². The monoisotopic (exact) mass is 489 g/mol. The minimum absolute atomic E-state index is 0.476. The second-order valence-corrected chi connectivity index (χ2v) is 12.1. The number of aliphatic imine (C=N–C) groups is 1. The number of benzene rings is 2. The standard InChI is InChI=1S/C26H36ClN3O2S/c1-6-30(5)18-28-25-14-20(4)26(16-24(25)27)32-22-8-7-9-23(15-22)33(31,13-12-19(2)3)29-17-21-10-11-21/h7-9,14-16,18-19,21H,6,10-13,17H2,1-5H3/b28-18-. The topological polar surface area (TPSA) is 54.3 Å². The van der Waals surface area contributed by atoms with Crippen molar-refractivity contribution in [1.82, 2.24) is 4.90 Å². The van der Waals surface area contributed by atoms with E-state index in [1.807, 2.05) is 49.2 Å². The van der Waals surface area contributed by atoms with E-state index < -0.39 is 9.73 Å². The molecule has 2 aromatic rings. The molecule has 7 heteroatoms. The lowest BCUT2D eigenvalue weighted by atomic mass is 10.2. The van der Waals surface area contributed by atoms with E-state index in [4.69, 9.17) is 20.7 Å². The minimum atomic E-state index is -2.48. The van der Waals surface area contributed by atoms with Gasteiger partial charge in [0.05, 0.1) is 38.2 Å². The Morgan fingerprint density at radius 1 is 1.27 bits per heavy atom. The predicted octanol–water partition coefficient (Wildman–Crippen LogP) is 7.34. The second-order valence-electron chi connectivity index (χ2n) is 9.25. The summed E-state index contributed by atoms with van der Waals surface area (Å²) < 4.78 is 24.8. The summed E-state index contributed by atoms with van der Waals surface area (Å²) in [6.45, 7) is 9.89. The summed E-state index contributed by atoms with van der Waals surface area (Å²) in [4.78, 5) is 7.19.